The minimum absolute atomic E-state index is 0. The molecule has 5 nitrogen and oxygen atoms in total. The fourth-order valence-electron chi connectivity index (χ4n) is 4.63. The standard InChI is InChI=1S/C29H29NO4S.ClH/c31-22-9-5-21(6-10-22)29-27(25-14-11-23(32)19-26(25)35-29)28(33)20-7-12-24(13-8-20)34-18-17-30-15-3-1-2-4-16-30;/h5-14,19,31-32H,1-4,15-18H2;1H. The second-order valence-corrected chi connectivity index (χ2v) is 10.0. The van der Waals surface area contributed by atoms with E-state index in [1.807, 2.05) is 24.3 Å². The van der Waals surface area contributed by atoms with Crippen LogP contribution in [0.15, 0.2) is 66.7 Å². The Morgan fingerprint density at radius 2 is 1.53 bits per heavy atom. The molecular formula is C29H30ClNO4S. The summed E-state index contributed by atoms with van der Waals surface area (Å²) in [4.78, 5) is 17.0. The van der Waals surface area contributed by atoms with E-state index in [1.165, 1.54) is 37.0 Å². The summed E-state index contributed by atoms with van der Waals surface area (Å²) in [5.74, 6) is 1.01. The molecule has 1 aliphatic rings. The number of hydrogen-bond acceptors (Lipinski definition) is 6. The van der Waals surface area contributed by atoms with E-state index in [-0.39, 0.29) is 29.7 Å². The number of carbonyl (C=O) groups excluding carboxylic acids is 1. The van der Waals surface area contributed by atoms with Crippen LogP contribution in [-0.2, 0) is 0 Å². The van der Waals surface area contributed by atoms with Gasteiger partial charge in [-0.1, -0.05) is 12.8 Å². The van der Waals surface area contributed by atoms with Crippen LogP contribution in [0.25, 0.3) is 20.5 Å². The fourth-order valence-corrected chi connectivity index (χ4v) is 5.86. The van der Waals surface area contributed by atoms with Gasteiger partial charge in [-0.3, -0.25) is 9.69 Å². The Labute approximate surface area is 221 Å². The predicted molar refractivity (Wildman–Crippen MR) is 148 cm³/mol. The molecule has 5 rings (SSSR count). The Morgan fingerprint density at radius 3 is 2.22 bits per heavy atom. The molecule has 3 aromatic carbocycles. The van der Waals surface area contributed by atoms with Gasteiger partial charge >= 0.3 is 0 Å². The highest BCUT2D eigenvalue weighted by Gasteiger charge is 2.22. The van der Waals surface area contributed by atoms with Crippen molar-refractivity contribution in [1.29, 1.82) is 0 Å². The Kier molecular flexibility index (Phi) is 8.52. The van der Waals surface area contributed by atoms with Crippen molar-refractivity contribution < 1.29 is 19.7 Å². The zero-order valence-corrected chi connectivity index (χ0v) is 21.6. The molecule has 0 spiro atoms. The Balaban J connectivity index is 0.00000304. The molecule has 1 aliphatic heterocycles. The number of halogens is 1. The summed E-state index contributed by atoms with van der Waals surface area (Å²) in [5.41, 5.74) is 2.03. The molecule has 0 saturated carbocycles. The van der Waals surface area contributed by atoms with E-state index in [4.69, 9.17) is 4.74 Å². The molecule has 0 atom stereocenters. The number of likely N-dealkylation sites (tertiary alicyclic amines) is 1. The van der Waals surface area contributed by atoms with Gasteiger partial charge in [-0.15, -0.1) is 23.7 Å². The van der Waals surface area contributed by atoms with Gasteiger partial charge in [0.05, 0.1) is 0 Å². The van der Waals surface area contributed by atoms with Crippen molar-refractivity contribution in [2.75, 3.05) is 26.2 Å². The third-order valence-electron chi connectivity index (χ3n) is 6.52. The monoisotopic (exact) mass is 523 g/mol. The van der Waals surface area contributed by atoms with Crippen molar-refractivity contribution in [3.8, 4) is 27.7 Å². The highest BCUT2D eigenvalue weighted by molar-refractivity contribution is 7.22. The van der Waals surface area contributed by atoms with Crippen LogP contribution in [0.2, 0.25) is 0 Å². The highest BCUT2D eigenvalue weighted by atomic mass is 35.5. The van der Waals surface area contributed by atoms with Crippen molar-refractivity contribution in [2.45, 2.75) is 25.7 Å². The van der Waals surface area contributed by atoms with Gasteiger partial charge in [0.1, 0.15) is 23.9 Å². The van der Waals surface area contributed by atoms with Crippen LogP contribution in [0.3, 0.4) is 0 Å². The smallest absolute Gasteiger partial charge is 0.195 e. The van der Waals surface area contributed by atoms with Crippen LogP contribution in [0.1, 0.15) is 41.6 Å². The first-order valence-corrected chi connectivity index (χ1v) is 12.9. The molecule has 1 fully saturated rings. The summed E-state index contributed by atoms with van der Waals surface area (Å²) in [6.07, 6.45) is 5.17. The molecule has 0 unspecified atom stereocenters. The van der Waals surface area contributed by atoms with Crippen LogP contribution in [0.5, 0.6) is 17.2 Å². The van der Waals surface area contributed by atoms with E-state index >= 15 is 0 Å². The maximum atomic E-state index is 13.7. The molecule has 4 aromatic rings. The number of benzene rings is 3. The number of ketones is 1. The van der Waals surface area contributed by atoms with Crippen LogP contribution >= 0.6 is 23.7 Å². The molecule has 188 valence electrons. The van der Waals surface area contributed by atoms with Gasteiger partial charge in [0.2, 0.25) is 0 Å². The van der Waals surface area contributed by atoms with Crippen molar-refractivity contribution in [2.24, 2.45) is 0 Å². The van der Waals surface area contributed by atoms with Gasteiger partial charge in [0, 0.05) is 32.6 Å². The van der Waals surface area contributed by atoms with Crippen LogP contribution < -0.4 is 4.74 Å². The lowest BCUT2D eigenvalue weighted by atomic mass is 9.97. The summed E-state index contributed by atoms with van der Waals surface area (Å²) < 4.78 is 6.80. The zero-order chi connectivity index (χ0) is 24.2. The van der Waals surface area contributed by atoms with E-state index in [0.29, 0.717) is 17.7 Å². The van der Waals surface area contributed by atoms with E-state index in [9.17, 15) is 15.0 Å². The normalized spacial score (nSPS) is 14.2. The average Bonchev–Trinajstić information content (AvgIpc) is 3.04. The number of nitrogens with zero attached hydrogens (tertiary/aromatic N) is 1. The number of aromatic hydroxyl groups is 2. The van der Waals surface area contributed by atoms with Gasteiger partial charge < -0.3 is 14.9 Å². The van der Waals surface area contributed by atoms with Gasteiger partial charge in [0.15, 0.2) is 5.78 Å². The largest absolute Gasteiger partial charge is 0.508 e. The molecule has 7 heteroatoms. The predicted octanol–water partition coefficient (Wildman–Crippen LogP) is 6.89. The number of hydrogen-bond donors (Lipinski definition) is 2. The van der Waals surface area contributed by atoms with E-state index in [0.717, 1.165) is 45.9 Å². The summed E-state index contributed by atoms with van der Waals surface area (Å²) in [5, 5.41) is 20.5. The zero-order valence-electron chi connectivity index (χ0n) is 20.0. The summed E-state index contributed by atoms with van der Waals surface area (Å²) >= 11 is 1.46. The fraction of sp³-hybridized carbons (Fsp3) is 0.276. The highest BCUT2D eigenvalue weighted by Crippen LogP contribution is 2.41. The lowest BCUT2D eigenvalue weighted by Crippen LogP contribution is -2.29. The Morgan fingerprint density at radius 1 is 0.861 bits per heavy atom. The summed E-state index contributed by atoms with van der Waals surface area (Å²) in [6.45, 7) is 3.85. The molecule has 0 aliphatic carbocycles. The molecule has 2 N–H and O–H groups in total. The van der Waals surface area contributed by atoms with Gasteiger partial charge in [-0.25, -0.2) is 0 Å². The number of rotatable bonds is 7. The molecule has 2 heterocycles. The topological polar surface area (TPSA) is 70.0 Å². The number of thiophene rings is 1. The van der Waals surface area contributed by atoms with E-state index < -0.39 is 0 Å². The molecule has 36 heavy (non-hydrogen) atoms. The summed E-state index contributed by atoms with van der Waals surface area (Å²) in [6, 6.07) is 19.3. The third-order valence-corrected chi connectivity index (χ3v) is 7.72. The number of phenols is 2. The Hall–Kier alpha value is -3.06. The first kappa shape index (κ1) is 26.0. The number of carbonyl (C=O) groups is 1. The quantitative estimate of drug-likeness (QED) is 0.258. The first-order valence-electron chi connectivity index (χ1n) is 12.1. The first-order chi connectivity index (χ1) is 17.1. The van der Waals surface area contributed by atoms with Crippen LogP contribution in [0.4, 0.5) is 0 Å². The SMILES string of the molecule is Cl.O=C(c1ccc(OCCN2CCCCCC2)cc1)c1c(-c2ccc(O)cc2)sc2cc(O)ccc12. The average molecular weight is 524 g/mol. The minimum atomic E-state index is -0.0823. The molecule has 0 amide bonds. The Bertz CT molecular complexity index is 1310. The van der Waals surface area contributed by atoms with Gasteiger partial charge in [-0.05, 0) is 98.2 Å². The summed E-state index contributed by atoms with van der Waals surface area (Å²) in [7, 11) is 0. The molecule has 0 bridgehead atoms. The van der Waals surface area contributed by atoms with E-state index in [1.54, 1.807) is 42.5 Å². The van der Waals surface area contributed by atoms with Gasteiger partial charge in [0.25, 0.3) is 0 Å². The van der Waals surface area contributed by atoms with Crippen molar-refractivity contribution in [3.63, 3.8) is 0 Å². The molecule has 1 aromatic heterocycles. The maximum Gasteiger partial charge on any atom is 0.195 e. The second kappa shape index (κ2) is 11.8. The van der Waals surface area contributed by atoms with Crippen molar-refractivity contribution in [1.82, 2.24) is 4.90 Å². The van der Waals surface area contributed by atoms with Crippen molar-refractivity contribution >= 4 is 39.6 Å². The number of fused-ring (bicyclic) bond motifs is 1. The maximum absolute atomic E-state index is 13.7. The number of ether oxygens (including phenoxy) is 1. The lowest BCUT2D eigenvalue weighted by Gasteiger charge is -2.19. The van der Waals surface area contributed by atoms with E-state index in [2.05, 4.69) is 4.90 Å². The van der Waals surface area contributed by atoms with Crippen LogP contribution in [0, 0.1) is 0 Å². The third kappa shape index (κ3) is 5.84. The molecular weight excluding hydrogens is 494 g/mol. The van der Waals surface area contributed by atoms with Crippen LogP contribution in [-0.4, -0.2) is 47.1 Å². The lowest BCUT2D eigenvalue weighted by molar-refractivity contribution is 0.104. The molecule has 0 radical (unpaired) electrons. The van der Waals surface area contributed by atoms with Crippen molar-refractivity contribution in [3.05, 3.63) is 77.9 Å². The number of phenolic OH excluding ortho intramolecular Hbond substituents is 2. The van der Waals surface area contributed by atoms with Gasteiger partial charge in [-0.2, -0.15) is 0 Å². The second-order valence-electron chi connectivity index (χ2n) is 8.99. The molecule has 1 saturated heterocycles. The minimum Gasteiger partial charge on any atom is -0.508 e.